The summed E-state index contributed by atoms with van der Waals surface area (Å²) in [4.78, 5) is 18.0. The van der Waals surface area contributed by atoms with Gasteiger partial charge in [0.05, 0.1) is 24.1 Å². The van der Waals surface area contributed by atoms with Crippen LogP contribution < -0.4 is 5.73 Å². The molecule has 6 heteroatoms. The van der Waals surface area contributed by atoms with Gasteiger partial charge in [-0.05, 0) is 12.5 Å². The molecule has 1 amide bonds. The number of carbonyl (C=O) groups is 1. The minimum Gasteiger partial charge on any atom is -0.397 e. The lowest BCUT2D eigenvalue weighted by Crippen LogP contribution is -2.35. The third kappa shape index (κ3) is 4.84. The molecule has 1 heterocycles. The number of hydrogen-bond acceptors (Lipinski definition) is 5. The first-order chi connectivity index (χ1) is 9.20. The van der Waals surface area contributed by atoms with E-state index in [2.05, 4.69) is 4.98 Å². The summed E-state index contributed by atoms with van der Waals surface area (Å²) in [7, 11) is 3.25. The number of hydrogen-bond donors (Lipinski definition) is 1. The van der Waals surface area contributed by atoms with Gasteiger partial charge in [0.2, 0.25) is 0 Å². The Kier molecular flexibility index (Phi) is 6.84. The lowest BCUT2D eigenvalue weighted by Gasteiger charge is -2.22. The van der Waals surface area contributed by atoms with Crippen LogP contribution in [0.4, 0.5) is 5.69 Å². The number of nitrogens with two attached hydrogens (primary N) is 1. The van der Waals surface area contributed by atoms with Crippen molar-refractivity contribution in [3.63, 3.8) is 0 Å². The van der Waals surface area contributed by atoms with Gasteiger partial charge in [-0.15, -0.1) is 0 Å². The van der Waals surface area contributed by atoms with Crippen LogP contribution in [0.25, 0.3) is 0 Å². The number of aromatic nitrogens is 1. The van der Waals surface area contributed by atoms with Crippen LogP contribution in [-0.2, 0) is 9.47 Å². The summed E-state index contributed by atoms with van der Waals surface area (Å²) in [5.74, 6) is -0.104. The standard InChI is InChI=1S/C13H21N3O3/c1-18-8-3-6-16(7-9-19-2)13(17)11-4-5-15-10-12(11)14/h4-5,10H,3,6-9,14H2,1-2H3. The molecule has 0 aliphatic carbocycles. The lowest BCUT2D eigenvalue weighted by atomic mass is 10.2. The molecule has 0 atom stereocenters. The van der Waals surface area contributed by atoms with Gasteiger partial charge >= 0.3 is 0 Å². The highest BCUT2D eigenvalue weighted by Crippen LogP contribution is 2.12. The Hall–Kier alpha value is -1.66. The monoisotopic (exact) mass is 267 g/mol. The maximum Gasteiger partial charge on any atom is 0.256 e. The van der Waals surface area contributed by atoms with Crippen molar-refractivity contribution in [2.75, 3.05) is 46.3 Å². The van der Waals surface area contributed by atoms with Crippen LogP contribution in [0.3, 0.4) is 0 Å². The normalized spacial score (nSPS) is 10.4. The number of ether oxygens (including phenoxy) is 2. The molecule has 0 aliphatic rings. The number of methoxy groups -OCH3 is 2. The summed E-state index contributed by atoms with van der Waals surface area (Å²) >= 11 is 0. The second-order valence-electron chi connectivity index (χ2n) is 4.09. The first-order valence-corrected chi connectivity index (χ1v) is 6.17. The Morgan fingerprint density at radius 2 is 2.05 bits per heavy atom. The molecule has 6 nitrogen and oxygen atoms in total. The summed E-state index contributed by atoms with van der Waals surface area (Å²) in [6.07, 6.45) is 3.82. The number of nitrogens with zero attached hydrogens (tertiary/aromatic N) is 2. The predicted molar refractivity (Wildman–Crippen MR) is 72.9 cm³/mol. The highest BCUT2D eigenvalue weighted by molar-refractivity contribution is 5.98. The average molecular weight is 267 g/mol. The Bertz CT molecular complexity index is 398. The molecule has 0 bridgehead atoms. The van der Waals surface area contributed by atoms with E-state index in [1.807, 2.05) is 0 Å². The topological polar surface area (TPSA) is 77.7 Å². The van der Waals surface area contributed by atoms with E-state index in [0.29, 0.717) is 37.6 Å². The van der Waals surface area contributed by atoms with Crippen LogP contribution in [-0.4, -0.2) is 56.3 Å². The van der Waals surface area contributed by atoms with Crippen LogP contribution in [0.5, 0.6) is 0 Å². The third-order valence-corrected chi connectivity index (χ3v) is 2.71. The van der Waals surface area contributed by atoms with Gasteiger partial charge in [-0.25, -0.2) is 0 Å². The SMILES string of the molecule is COCCCN(CCOC)C(=O)c1ccncc1N. The summed E-state index contributed by atoms with van der Waals surface area (Å²) in [6, 6.07) is 1.63. The van der Waals surface area contributed by atoms with E-state index in [1.54, 1.807) is 31.4 Å². The van der Waals surface area contributed by atoms with Gasteiger partial charge in [-0.2, -0.15) is 0 Å². The molecule has 0 fully saturated rings. The maximum atomic E-state index is 12.4. The van der Waals surface area contributed by atoms with Crippen LogP contribution >= 0.6 is 0 Å². The zero-order valence-electron chi connectivity index (χ0n) is 11.5. The number of pyridine rings is 1. The number of nitrogen functional groups attached to an aromatic ring is 1. The minimum absolute atomic E-state index is 0.104. The van der Waals surface area contributed by atoms with Crippen molar-refractivity contribution in [1.29, 1.82) is 0 Å². The van der Waals surface area contributed by atoms with Gasteiger partial charge in [0, 0.05) is 40.1 Å². The van der Waals surface area contributed by atoms with Gasteiger partial charge in [0.25, 0.3) is 5.91 Å². The van der Waals surface area contributed by atoms with E-state index in [4.69, 9.17) is 15.2 Å². The lowest BCUT2D eigenvalue weighted by molar-refractivity contribution is 0.0675. The van der Waals surface area contributed by atoms with Crippen LogP contribution in [0.1, 0.15) is 16.8 Å². The van der Waals surface area contributed by atoms with Gasteiger partial charge in [-0.3, -0.25) is 9.78 Å². The summed E-state index contributed by atoms with van der Waals surface area (Å²) in [5, 5.41) is 0. The second-order valence-corrected chi connectivity index (χ2v) is 4.09. The Morgan fingerprint density at radius 3 is 2.68 bits per heavy atom. The molecule has 0 radical (unpaired) electrons. The summed E-state index contributed by atoms with van der Waals surface area (Å²) in [6.45, 7) is 2.24. The number of amides is 1. The van der Waals surface area contributed by atoms with Crippen LogP contribution in [0.2, 0.25) is 0 Å². The van der Waals surface area contributed by atoms with E-state index in [9.17, 15) is 4.79 Å². The molecule has 0 spiro atoms. The maximum absolute atomic E-state index is 12.4. The fraction of sp³-hybridized carbons (Fsp3) is 0.538. The Balaban J connectivity index is 2.72. The molecule has 0 saturated carbocycles. The number of anilines is 1. The smallest absolute Gasteiger partial charge is 0.256 e. The molecule has 19 heavy (non-hydrogen) atoms. The quantitative estimate of drug-likeness (QED) is 0.705. The number of rotatable bonds is 8. The van der Waals surface area contributed by atoms with Crippen molar-refractivity contribution < 1.29 is 14.3 Å². The first-order valence-electron chi connectivity index (χ1n) is 6.17. The van der Waals surface area contributed by atoms with Gasteiger partial charge in [0.15, 0.2) is 0 Å². The van der Waals surface area contributed by atoms with Gasteiger partial charge in [0.1, 0.15) is 0 Å². The van der Waals surface area contributed by atoms with E-state index in [1.165, 1.54) is 6.20 Å². The van der Waals surface area contributed by atoms with Crippen molar-refractivity contribution in [3.05, 3.63) is 24.0 Å². The first kappa shape index (κ1) is 15.4. The molecule has 0 aromatic carbocycles. The van der Waals surface area contributed by atoms with E-state index in [0.717, 1.165) is 6.42 Å². The zero-order valence-corrected chi connectivity index (χ0v) is 11.5. The van der Waals surface area contributed by atoms with Crippen molar-refractivity contribution in [3.8, 4) is 0 Å². The molecule has 1 rings (SSSR count). The fourth-order valence-corrected chi connectivity index (χ4v) is 1.69. The molecule has 0 aliphatic heterocycles. The Morgan fingerprint density at radius 1 is 1.32 bits per heavy atom. The third-order valence-electron chi connectivity index (χ3n) is 2.71. The highest BCUT2D eigenvalue weighted by Gasteiger charge is 2.17. The van der Waals surface area contributed by atoms with Crippen molar-refractivity contribution >= 4 is 11.6 Å². The largest absolute Gasteiger partial charge is 0.397 e. The molecule has 2 N–H and O–H groups in total. The highest BCUT2D eigenvalue weighted by atomic mass is 16.5. The summed E-state index contributed by atoms with van der Waals surface area (Å²) in [5.41, 5.74) is 6.64. The van der Waals surface area contributed by atoms with E-state index < -0.39 is 0 Å². The van der Waals surface area contributed by atoms with Crippen LogP contribution in [0, 0.1) is 0 Å². The molecule has 1 aromatic rings. The van der Waals surface area contributed by atoms with E-state index in [-0.39, 0.29) is 5.91 Å². The molecular weight excluding hydrogens is 246 g/mol. The minimum atomic E-state index is -0.104. The fourth-order valence-electron chi connectivity index (χ4n) is 1.69. The van der Waals surface area contributed by atoms with Gasteiger partial charge in [-0.1, -0.05) is 0 Å². The van der Waals surface area contributed by atoms with Gasteiger partial charge < -0.3 is 20.1 Å². The Labute approximate surface area is 113 Å². The second kappa shape index (κ2) is 8.44. The van der Waals surface area contributed by atoms with Crippen molar-refractivity contribution in [2.24, 2.45) is 0 Å². The molecular formula is C13H21N3O3. The molecule has 106 valence electrons. The van der Waals surface area contributed by atoms with Crippen molar-refractivity contribution in [2.45, 2.75) is 6.42 Å². The van der Waals surface area contributed by atoms with Crippen molar-refractivity contribution in [1.82, 2.24) is 9.88 Å². The molecule has 0 saturated heterocycles. The molecule has 0 unspecified atom stereocenters. The predicted octanol–water partition coefficient (Wildman–Crippen LogP) is 0.789. The summed E-state index contributed by atoms with van der Waals surface area (Å²) < 4.78 is 10.0. The average Bonchev–Trinajstić information content (AvgIpc) is 2.42. The van der Waals surface area contributed by atoms with E-state index >= 15 is 0 Å². The molecule has 1 aromatic heterocycles. The number of carbonyl (C=O) groups excluding carboxylic acids is 1. The zero-order chi connectivity index (χ0) is 14.1. The van der Waals surface area contributed by atoms with Crippen LogP contribution in [0.15, 0.2) is 18.5 Å².